The molecule has 17 heavy (non-hydrogen) atoms. The summed E-state index contributed by atoms with van der Waals surface area (Å²) in [6, 6.07) is 5.23. The van der Waals surface area contributed by atoms with Crippen LogP contribution in [-0.4, -0.2) is 10.8 Å². The Bertz CT molecular complexity index is 565. The van der Waals surface area contributed by atoms with E-state index in [1.807, 2.05) is 12.3 Å². The number of Topliss-reactive ketones (excluding diaryl/α,β-unsaturated/α-hetero) is 1. The number of thiazole rings is 1. The Balaban J connectivity index is 2.22. The first-order chi connectivity index (χ1) is 8.06. The molecule has 0 atom stereocenters. The van der Waals surface area contributed by atoms with E-state index in [4.69, 9.17) is 5.73 Å². The average Bonchev–Trinajstić information content (AvgIpc) is 2.67. The molecule has 0 bridgehead atoms. The topological polar surface area (TPSA) is 56.0 Å². The molecule has 5 heteroatoms. The maximum absolute atomic E-state index is 12.1. The summed E-state index contributed by atoms with van der Waals surface area (Å²) in [4.78, 5) is 16.4. The van der Waals surface area contributed by atoms with Crippen LogP contribution in [0.15, 0.2) is 28.1 Å². The smallest absolute Gasteiger partial charge is 0.170 e. The minimum atomic E-state index is 0.0264. The van der Waals surface area contributed by atoms with E-state index in [0.717, 1.165) is 15.2 Å². The van der Waals surface area contributed by atoms with Gasteiger partial charge >= 0.3 is 0 Å². The summed E-state index contributed by atoms with van der Waals surface area (Å²) in [5.74, 6) is 0.0264. The highest BCUT2D eigenvalue weighted by atomic mass is 79.9. The van der Waals surface area contributed by atoms with Crippen molar-refractivity contribution < 1.29 is 4.79 Å². The molecular formula is C12H11BrN2OS. The first kappa shape index (κ1) is 12.3. The second-order valence-electron chi connectivity index (χ2n) is 3.72. The van der Waals surface area contributed by atoms with E-state index in [-0.39, 0.29) is 5.78 Å². The maximum atomic E-state index is 12.1. The maximum Gasteiger partial charge on any atom is 0.170 e. The zero-order valence-corrected chi connectivity index (χ0v) is 11.6. The molecule has 1 aromatic heterocycles. The number of benzene rings is 1. The van der Waals surface area contributed by atoms with Crippen molar-refractivity contribution in [3.8, 4) is 0 Å². The number of rotatable bonds is 3. The van der Waals surface area contributed by atoms with Gasteiger partial charge in [-0.05, 0) is 25.1 Å². The molecule has 2 rings (SSSR count). The number of hydrogen-bond acceptors (Lipinski definition) is 4. The van der Waals surface area contributed by atoms with Crippen LogP contribution in [0.3, 0.4) is 0 Å². The summed E-state index contributed by atoms with van der Waals surface area (Å²) in [6.07, 6.45) is 0.320. The number of ketones is 1. The molecule has 0 unspecified atom stereocenters. The average molecular weight is 311 g/mol. The number of nitrogens with two attached hydrogens (primary N) is 1. The molecule has 0 spiro atoms. The second kappa shape index (κ2) is 4.98. The highest BCUT2D eigenvalue weighted by molar-refractivity contribution is 9.10. The zero-order chi connectivity index (χ0) is 12.4. The quantitative estimate of drug-likeness (QED) is 0.699. The van der Waals surface area contributed by atoms with E-state index in [1.54, 1.807) is 18.2 Å². The number of aryl methyl sites for hydroxylation is 1. The Labute approximate surface area is 112 Å². The molecule has 2 N–H and O–H groups in total. The minimum absolute atomic E-state index is 0.0264. The highest BCUT2D eigenvalue weighted by Crippen LogP contribution is 2.22. The number of nitrogens with zero attached hydrogens (tertiary/aromatic N) is 1. The molecular weight excluding hydrogens is 300 g/mol. The van der Waals surface area contributed by atoms with Crippen LogP contribution in [0.4, 0.5) is 5.69 Å². The van der Waals surface area contributed by atoms with Gasteiger partial charge in [-0.1, -0.05) is 15.9 Å². The first-order valence-electron chi connectivity index (χ1n) is 5.05. The molecule has 1 heterocycles. The molecule has 0 radical (unpaired) electrons. The van der Waals surface area contributed by atoms with Crippen LogP contribution in [0.2, 0.25) is 0 Å². The van der Waals surface area contributed by atoms with Crippen molar-refractivity contribution in [1.82, 2.24) is 4.98 Å². The van der Waals surface area contributed by atoms with Crippen molar-refractivity contribution in [3.05, 3.63) is 44.3 Å². The van der Waals surface area contributed by atoms with E-state index < -0.39 is 0 Å². The van der Waals surface area contributed by atoms with Gasteiger partial charge in [0.2, 0.25) is 0 Å². The second-order valence-corrected chi connectivity index (χ2v) is 5.52. The van der Waals surface area contributed by atoms with Gasteiger partial charge in [0.25, 0.3) is 0 Å². The van der Waals surface area contributed by atoms with E-state index in [0.29, 0.717) is 17.7 Å². The van der Waals surface area contributed by atoms with E-state index >= 15 is 0 Å². The number of aromatic nitrogens is 1. The molecule has 0 aliphatic heterocycles. The predicted molar refractivity (Wildman–Crippen MR) is 73.4 cm³/mol. The summed E-state index contributed by atoms with van der Waals surface area (Å²) >= 11 is 4.86. The van der Waals surface area contributed by atoms with Gasteiger partial charge in [0.15, 0.2) is 5.78 Å². The van der Waals surface area contributed by atoms with Gasteiger partial charge in [0, 0.05) is 26.8 Å². The monoisotopic (exact) mass is 310 g/mol. The van der Waals surface area contributed by atoms with Crippen LogP contribution < -0.4 is 5.73 Å². The molecule has 0 amide bonds. The van der Waals surface area contributed by atoms with E-state index in [9.17, 15) is 4.79 Å². The lowest BCUT2D eigenvalue weighted by molar-refractivity contribution is 0.0992. The van der Waals surface area contributed by atoms with Gasteiger partial charge in [-0.15, -0.1) is 11.3 Å². The molecule has 0 saturated carbocycles. The van der Waals surface area contributed by atoms with Crippen LogP contribution in [0, 0.1) is 6.92 Å². The Morgan fingerprint density at radius 2 is 2.29 bits per heavy atom. The fourth-order valence-electron chi connectivity index (χ4n) is 1.47. The van der Waals surface area contributed by atoms with Gasteiger partial charge in [0.1, 0.15) is 5.01 Å². The fourth-order valence-corrected chi connectivity index (χ4v) is 2.71. The highest BCUT2D eigenvalue weighted by Gasteiger charge is 2.13. The lowest BCUT2D eigenvalue weighted by Gasteiger charge is -2.03. The van der Waals surface area contributed by atoms with Crippen molar-refractivity contribution in [2.24, 2.45) is 0 Å². The summed E-state index contributed by atoms with van der Waals surface area (Å²) in [6.45, 7) is 1.92. The SMILES string of the molecule is Cc1csc(CC(=O)c2cc(N)ccc2Br)n1. The Kier molecular flexibility index (Phi) is 3.59. The van der Waals surface area contributed by atoms with Crippen LogP contribution >= 0.6 is 27.3 Å². The molecule has 2 aromatic rings. The third-order valence-corrected chi connectivity index (χ3v) is 3.93. The van der Waals surface area contributed by atoms with Gasteiger partial charge in [0.05, 0.1) is 6.42 Å². The summed E-state index contributed by atoms with van der Waals surface area (Å²) in [7, 11) is 0. The van der Waals surface area contributed by atoms with Gasteiger partial charge < -0.3 is 5.73 Å². The number of anilines is 1. The third kappa shape index (κ3) is 2.92. The van der Waals surface area contributed by atoms with Crippen molar-refractivity contribution in [2.45, 2.75) is 13.3 Å². The third-order valence-electron chi connectivity index (χ3n) is 2.27. The summed E-state index contributed by atoms with van der Waals surface area (Å²) in [5.41, 5.74) is 7.82. The number of halogens is 1. The van der Waals surface area contributed by atoms with Crippen molar-refractivity contribution in [2.75, 3.05) is 5.73 Å². The zero-order valence-electron chi connectivity index (χ0n) is 9.24. The molecule has 3 nitrogen and oxygen atoms in total. The number of hydrogen-bond donors (Lipinski definition) is 1. The largest absolute Gasteiger partial charge is 0.399 e. The lowest BCUT2D eigenvalue weighted by Crippen LogP contribution is -2.05. The van der Waals surface area contributed by atoms with Crippen molar-refractivity contribution in [3.63, 3.8) is 0 Å². The lowest BCUT2D eigenvalue weighted by atomic mass is 10.1. The minimum Gasteiger partial charge on any atom is -0.399 e. The van der Waals surface area contributed by atoms with Crippen molar-refractivity contribution >= 4 is 38.7 Å². The Morgan fingerprint density at radius 3 is 2.94 bits per heavy atom. The predicted octanol–water partition coefficient (Wildman–Crippen LogP) is 3.22. The molecule has 0 fully saturated rings. The Hall–Kier alpha value is -1.20. The normalized spacial score (nSPS) is 10.5. The van der Waals surface area contributed by atoms with E-state index in [1.165, 1.54) is 11.3 Å². The Morgan fingerprint density at radius 1 is 1.53 bits per heavy atom. The van der Waals surface area contributed by atoms with Gasteiger partial charge in [-0.2, -0.15) is 0 Å². The molecule has 0 saturated heterocycles. The molecule has 1 aromatic carbocycles. The van der Waals surface area contributed by atoms with E-state index in [2.05, 4.69) is 20.9 Å². The molecule has 88 valence electrons. The van der Waals surface area contributed by atoms with Crippen LogP contribution in [0.25, 0.3) is 0 Å². The number of carbonyl (C=O) groups is 1. The first-order valence-corrected chi connectivity index (χ1v) is 6.73. The molecule has 0 aliphatic carbocycles. The molecule has 0 aliphatic rings. The standard InChI is InChI=1S/C12H11BrN2OS/c1-7-6-17-12(15-7)5-11(16)9-4-8(14)2-3-10(9)13/h2-4,6H,5,14H2,1H3. The summed E-state index contributed by atoms with van der Waals surface area (Å²) in [5, 5.41) is 2.78. The van der Waals surface area contributed by atoms with Gasteiger partial charge in [-0.3, -0.25) is 4.79 Å². The van der Waals surface area contributed by atoms with Crippen molar-refractivity contribution in [1.29, 1.82) is 0 Å². The fraction of sp³-hybridized carbons (Fsp3) is 0.167. The van der Waals surface area contributed by atoms with Crippen LogP contribution in [-0.2, 0) is 6.42 Å². The number of nitrogen functional groups attached to an aromatic ring is 1. The number of carbonyl (C=O) groups excluding carboxylic acids is 1. The van der Waals surface area contributed by atoms with Crippen LogP contribution in [0.5, 0.6) is 0 Å². The van der Waals surface area contributed by atoms with Crippen LogP contribution in [0.1, 0.15) is 21.1 Å². The summed E-state index contributed by atoms with van der Waals surface area (Å²) < 4.78 is 0.768. The van der Waals surface area contributed by atoms with Gasteiger partial charge in [-0.25, -0.2) is 4.98 Å².